The molecule has 1 unspecified atom stereocenters. The molecule has 1 fully saturated rings. The Bertz CT molecular complexity index is 380. The van der Waals surface area contributed by atoms with Crippen LogP contribution in [-0.4, -0.2) is 33.5 Å². The van der Waals surface area contributed by atoms with Crippen LogP contribution in [0.1, 0.15) is 31.5 Å². The number of aromatic nitrogens is 3. The lowest BCUT2D eigenvalue weighted by Crippen LogP contribution is -2.16. The second kappa shape index (κ2) is 5.53. The molecule has 0 saturated heterocycles. The monoisotopic (exact) mass is 253 g/mol. The molecule has 0 spiro atoms. The fourth-order valence-corrected chi connectivity index (χ4v) is 2.31. The van der Waals surface area contributed by atoms with Crippen LogP contribution < -0.4 is 11.1 Å². The first-order valence-corrected chi connectivity index (χ1v) is 7.32. The molecule has 1 atom stereocenters. The first kappa shape index (κ1) is 12.4. The average molecular weight is 253 g/mol. The maximum atomic E-state index is 5.68. The number of hydrogen-bond acceptors (Lipinski definition) is 6. The third-order valence-electron chi connectivity index (χ3n) is 2.67. The van der Waals surface area contributed by atoms with Crippen LogP contribution in [0.15, 0.2) is 0 Å². The van der Waals surface area contributed by atoms with E-state index in [9.17, 15) is 0 Å². The zero-order chi connectivity index (χ0) is 12.3. The maximum absolute atomic E-state index is 5.68. The fraction of sp³-hybridized carbons (Fsp3) is 0.727. The van der Waals surface area contributed by atoms with Crippen molar-refractivity contribution in [1.82, 2.24) is 15.0 Å². The summed E-state index contributed by atoms with van der Waals surface area (Å²) in [5, 5.41) is 3.24. The van der Waals surface area contributed by atoms with Gasteiger partial charge in [-0.15, -0.1) is 0 Å². The number of nitrogens with zero attached hydrogens (tertiary/aromatic N) is 3. The summed E-state index contributed by atoms with van der Waals surface area (Å²) in [5.74, 6) is 4.01. The summed E-state index contributed by atoms with van der Waals surface area (Å²) in [6.45, 7) is 3.07. The van der Waals surface area contributed by atoms with Crippen LogP contribution in [-0.2, 0) is 0 Å². The van der Waals surface area contributed by atoms with Gasteiger partial charge in [0.05, 0.1) is 0 Å². The highest BCUT2D eigenvalue weighted by molar-refractivity contribution is 7.98. The first-order chi connectivity index (χ1) is 8.19. The van der Waals surface area contributed by atoms with E-state index in [-0.39, 0.29) is 0 Å². The molecule has 6 heteroatoms. The molecule has 1 aromatic rings. The molecule has 94 valence electrons. The third kappa shape index (κ3) is 3.73. The Morgan fingerprint density at radius 2 is 2.18 bits per heavy atom. The van der Waals surface area contributed by atoms with Crippen LogP contribution in [0, 0.1) is 5.92 Å². The molecule has 2 rings (SSSR count). The van der Waals surface area contributed by atoms with Gasteiger partial charge < -0.3 is 11.1 Å². The molecule has 0 aromatic carbocycles. The molecule has 0 radical (unpaired) electrons. The molecule has 5 nitrogen and oxygen atoms in total. The van der Waals surface area contributed by atoms with E-state index in [1.165, 1.54) is 12.8 Å². The van der Waals surface area contributed by atoms with Crippen LogP contribution in [0.3, 0.4) is 0 Å². The van der Waals surface area contributed by atoms with Crippen LogP contribution in [0.4, 0.5) is 11.9 Å². The highest BCUT2D eigenvalue weighted by atomic mass is 32.2. The van der Waals surface area contributed by atoms with Crippen LogP contribution in [0.5, 0.6) is 0 Å². The van der Waals surface area contributed by atoms with E-state index in [1.54, 1.807) is 0 Å². The molecule has 3 N–H and O–H groups in total. The molecule has 1 saturated carbocycles. The quantitative estimate of drug-likeness (QED) is 0.804. The molecular formula is C11H19N5S. The van der Waals surface area contributed by atoms with E-state index in [4.69, 9.17) is 5.73 Å². The zero-order valence-electron chi connectivity index (χ0n) is 10.3. The SMILES string of the molecule is CSCC(C)CNc1nc(N)nc(C2CC2)n1. The highest BCUT2D eigenvalue weighted by Crippen LogP contribution is 2.38. The Morgan fingerprint density at radius 1 is 1.41 bits per heavy atom. The predicted octanol–water partition coefficient (Wildman–Crippen LogP) is 1.74. The summed E-state index contributed by atoms with van der Waals surface area (Å²) >= 11 is 1.85. The Balaban J connectivity index is 1.95. The number of anilines is 2. The molecule has 1 heterocycles. The topological polar surface area (TPSA) is 76.7 Å². The molecule has 1 aliphatic rings. The van der Waals surface area contributed by atoms with E-state index in [2.05, 4.69) is 33.4 Å². The van der Waals surface area contributed by atoms with Gasteiger partial charge in [-0.1, -0.05) is 6.92 Å². The standard InChI is InChI=1S/C11H19N5S/c1-7(6-17-2)5-13-11-15-9(8-3-4-8)14-10(12)16-11/h7-8H,3-6H2,1-2H3,(H3,12,13,14,15,16). The van der Waals surface area contributed by atoms with E-state index in [0.717, 1.165) is 18.1 Å². The zero-order valence-corrected chi connectivity index (χ0v) is 11.1. The molecule has 1 aliphatic carbocycles. The van der Waals surface area contributed by atoms with Crippen molar-refractivity contribution >= 4 is 23.7 Å². The molecule has 0 aliphatic heterocycles. The van der Waals surface area contributed by atoms with Crippen LogP contribution in [0.25, 0.3) is 0 Å². The number of rotatable bonds is 6. The minimum atomic E-state index is 0.321. The lowest BCUT2D eigenvalue weighted by Gasteiger charge is -2.11. The van der Waals surface area contributed by atoms with Crippen molar-refractivity contribution in [1.29, 1.82) is 0 Å². The summed E-state index contributed by atoms with van der Waals surface area (Å²) < 4.78 is 0. The van der Waals surface area contributed by atoms with Gasteiger partial charge in [0.2, 0.25) is 11.9 Å². The molecule has 0 amide bonds. The van der Waals surface area contributed by atoms with E-state index >= 15 is 0 Å². The van der Waals surface area contributed by atoms with Gasteiger partial charge in [0.25, 0.3) is 0 Å². The van der Waals surface area contributed by atoms with Gasteiger partial charge in [-0.3, -0.25) is 0 Å². The Kier molecular flexibility index (Phi) is 4.04. The minimum absolute atomic E-state index is 0.321. The van der Waals surface area contributed by atoms with Crippen molar-refractivity contribution in [2.75, 3.05) is 29.6 Å². The second-order valence-corrected chi connectivity index (χ2v) is 5.50. The number of thioether (sulfide) groups is 1. The summed E-state index contributed by atoms with van der Waals surface area (Å²) in [6, 6.07) is 0. The first-order valence-electron chi connectivity index (χ1n) is 5.93. The van der Waals surface area contributed by atoms with Crippen molar-refractivity contribution < 1.29 is 0 Å². The molecule has 1 aromatic heterocycles. The number of nitrogens with two attached hydrogens (primary N) is 1. The van der Waals surface area contributed by atoms with E-state index in [0.29, 0.717) is 23.7 Å². The Hall–Kier alpha value is -1.04. The number of hydrogen-bond donors (Lipinski definition) is 2. The van der Waals surface area contributed by atoms with Crippen molar-refractivity contribution in [3.63, 3.8) is 0 Å². The van der Waals surface area contributed by atoms with E-state index < -0.39 is 0 Å². The summed E-state index contributed by atoms with van der Waals surface area (Å²) in [7, 11) is 0. The largest absolute Gasteiger partial charge is 0.368 e. The summed E-state index contributed by atoms with van der Waals surface area (Å²) in [5.41, 5.74) is 5.68. The van der Waals surface area contributed by atoms with Gasteiger partial charge >= 0.3 is 0 Å². The smallest absolute Gasteiger partial charge is 0.227 e. The number of nitrogens with one attached hydrogen (secondary N) is 1. The van der Waals surface area contributed by atoms with Crippen molar-refractivity contribution in [3.8, 4) is 0 Å². The minimum Gasteiger partial charge on any atom is -0.368 e. The van der Waals surface area contributed by atoms with Crippen LogP contribution in [0.2, 0.25) is 0 Å². The molecule has 17 heavy (non-hydrogen) atoms. The van der Waals surface area contributed by atoms with Gasteiger partial charge in [-0.25, -0.2) is 0 Å². The van der Waals surface area contributed by atoms with Crippen molar-refractivity contribution in [2.45, 2.75) is 25.7 Å². The van der Waals surface area contributed by atoms with Crippen molar-refractivity contribution in [3.05, 3.63) is 5.82 Å². The van der Waals surface area contributed by atoms with Crippen molar-refractivity contribution in [2.24, 2.45) is 5.92 Å². The molecular weight excluding hydrogens is 234 g/mol. The van der Waals surface area contributed by atoms with Gasteiger partial charge in [0.15, 0.2) is 0 Å². The second-order valence-electron chi connectivity index (χ2n) is 4.59. The van der Waals surface area contributed by atoms with Gasteiger partial charge in [0.1, 0.15) is 5.82 Å². The van der Waals surface area contributed by atoms with Gasteiger partial charge in [-0.05, 0) is 30.8 Å². The fourth-order valence-electron chi connectivity index (χ4n) is 1.62. The lowest BCUT2D eigenvalue weighted by atomic mass is 10.2. The van der Waals surface area contributed by atoms with E-state index in [1.807, 2.05) is 11.8 Å². The third-order valence-corrected chi connectivity index (χ3v) is 3.57. The summed E-state index contributed by atoms with van der Waals surface area (Å²) in [4.78, 5) is 12.7. The predicted molar refractivity (Wildman–Crippen MR) is 72.3 cm³/mol. The van der Waals surface area contributed by atoms with Gasteiger partial charge in [0, 0.05) is 12.5 Å². The number of nitrogen functional groups attached to an aromatic ring is 1. The molecule has 0 bridgehead atoms. The van der Waals surface area contributed by atoms with Crippen LogP contribution >= 0.6 is 11.8 Å². The van der Waals surface area contributed by atoms with Gasteiger partial charge in [-0.2, -0.15) is 26.7 Å². The summed E-state index contributed by atoms with van der Waals surface area (Å²) in [6.07, 6.45) is 4.46. The normalized spacial score (nSPS) is 16.8. The highest BCUT2D eigenvalue weighted by Gasteiger charge is 2.27. The Labute approximate surface area is 106 Å². The Morgan fingerprint density at radius 3 is 2.82 bits per heavy atom. The average Bonchev–Trinajstić information content (AvgIpc) is 3.10. The maximum Gasteiger partial charge on any atom is 0.227 e. The lowest BCUT2D eigenvalue weighted by molar-refractivity contribution is 0.695.